The number of imidazole rings is 1. The van der Waals surface area contributed by atoms with Crippen molar-refractivity contribution >= 4 is 28.7 Å². The van der Waals surface area contributed by atoms with Crippen molar-refractivity contribution in [3.63, 3.8) is 0 Å². The van der Waals surface area contributed by atoms with Crippen LogP contribution in [0.15, 0.2) is 79.0 Å². The summed E-state index contributed by atoms with van der Waals surface area (Å²) in [6.45, 7) is 1.29. The summed E-state index contributed by atoms with van der Waals surface area (Å²) < 4.78 is 16.0. The molecular formula is C26H22ClFN6. The Morgan fingerprint density at radius 3 is 2.41 bits per heavy atom. The normalized spacial score (nSPS) is 11.1. The molecule has 0 spiro atoms. The SMILES string of the molecule is NCc1ccc(Cn2c(-c3ccccc3Cl)nc3cnc(NCc4ccccc4F)nc32)cc1. The lowest BCUT2D eigenvalue weighted by Crippen LogP contribution is -2.07. The molecule has 0 atom stereocenters. The van der Waals surface area contributed by atoms with Crippen molar-refractivity contribution in [2.24, 2.45) is 5.73 Å². The predicted octanol–water partition coefficient (Wildman–Crippen LogP) is 5.40. The first-order valence-electron chi connectivity index (χ1n) is 10.9. The first-order chi connectivity index (χ1) is 16.6. The average Bonchev–Trinajstić information content (AvgIpc) is 3.21. The van der Waals surface area contributed by atoms with Gasteiger partial charge in [-0.15, -0.1) is 0 Å². The zero-order valence-corrected chi connectivity index (χ0v) is 19.0. The molecule has 6 nitrogen and oxygen atoms in total. The minimum atomic E-state index is -0.275. The highest BCUT2D eigenvalue weighted by Crippen LogP contribution is 2.30. The van der Waals surface area contributed by atoms with Gasteiger partial charge >= 0.3 is 0 Å². The van der Waals surface area contributed by atoms with Gasteiger partial charge in [-0.3, -0.25) is 0 Å². The van der Waals surface area contributed by atoms with E-state index in [9.17, 15) is 4.39 Å². The van der Waals surface area contributed by atoms with Crippen molar-refractivity contribution in [1.82, 2.24) is 19.5 Å². The quantitative estimate of drug-likeness (QED) is 0.331. The molecular weight excluding hydrogens is 451 g/mol. The van der Waals surface area contributed by atoms with E-state index in [-0.39, 0.29) is 12.4 Å². The van der Waals surface area contributed by atoms with Crippen LogP contribution in [0.2, 0.25) is 5.02 Å². The number of halogens is 2. The number of benzene rings is 3. The van der Waals surface area contributed by atoms with Crippen molar-refractivity contribution in [3.8, 4) is 11.4 Å². The van der Waals surface area contributed by atoms with Crippen LogP contribution in [-0.2, 0) is 19.6 Å². The van der Waals surface area contributed by atoms with Gasteiger partial charge in [0, 0.05) is 24.2 Å². The second-order valence-electron chi connectivity index (χ2n) is 7.87. The molecule has 34 heavy (non-hydrogen) atoms. The molecule has 5 aromatic rings. The summed E-state index contributed by atoms with van der Waals surface area (Å²) >= 11 is 6.51. The van der Waals surface area contributed by atoms with E-state index in [0.29, 0.717) is 46.6 Å². The number of anilines is 1. The van der Waals surface area contributed by atoms with Gasteiger partial charge in [-0.25, -0.2) is 14.4 Å². The molecule has 0 aliphatic rings. The van der Waals surface area contributed by atoms with E-state index in [1.54, 1.807) is 24.4 Å². The molecule has 3 aromatic carbocycles. The Kier molecular flexibility index (Phi) is 6.20. The summed E-state index contributed by atoms with van der Waals surface area (Å²) in [5, 5.41) is 3.72. The van der Waals surface area contributed by atoms with E-state index in [1.807, 2.05) is 53.1 Å². The van der Waals surface area contributed by atoms with Crippen LogP contribution in [-0.4, -0.2) is 19.5 Å². The fourth-order valence-electron chi connectivity index (χ4n) is 3.78. The monoisotopic (exact) mass is 472 g/mol. The molecule has 170 valence electrons. The summed E-state index contributed by atoms with van der Waals surface area (Å²) in [7, 11) is 0. The van der Waals surface area contributed by atoms with Crippen LogP contribution in [0.3, 0.4) is 0 Å². The molecule has 0 amide bonds. The first-order valence-corrected chi connectivity index (χ1v) is 11.2. The Labute approximate surface area is 201 Å². The molecule has 2 heterocycles. The maximum atomic E-state index is 14.0. The number of fused-ring (bicyclic) bond motifs is 1. The van der Waals surface area contributed by atoms with Crippen LogP contribution in [0.5, 0.6) is 0 Å². The van der Waals surface area contributed by atoms with Crippen LogP contribution in [0.1, 0.15) is 16.7 Å². The van der Waals surface area contributed by atoms with Crippen LogP contribution in [0.4, 0.5) is 10.3 Å². The molecule has 0 bridgehead atoms. The molecule has 0 aliphatic heterocycles. The molecule has 0 radical (unpaired) electrons. The lowest BCUT2D eigenvalue weighted by molar-refractivity contribution is 0.612. The number of hydrogen-bond acceptors (Lipinski definition) is 5. The highest BCUT2D eigenvalue weighted by Gasteiger charge is 2.17. The summed E-state index contributed by atoms with van der Waals surface area (Å²) in [5.41, 5.74) is 10.5. The number of hydrogen-bond donors (Lipinski definition) is 2. The second-order valence-corrected chi connectivity index (χ2v) is 8.28. The van der Waals surface area contributed by atoms with E-state index < -0.39 is 0 Å². The molecule has 0 unspecified atom stereocenters. The fraction of sp³-hybridized carbons (Fsp3) is 0.115. The molecule has 0 fully saturated rings. The van der Waals surface area contributed by atoms with Gasteiger partial charge in [-0.2, -0.15) is 4.98 Å². The minimum absolute atomic E-state index is 0.268. The lowest BCUT2D eigenvalue weighted by atomic mass is 10.1. The van der Waals surface area contributed by atoms with Crippen LogP contribution >= 0.6 is 11.6 Å². The molecule has 2 aromatic heterocycles. The largest absolute Gasteiger partial charge is 0.350 e. The number of rotatable bonds is 7. The van der Waals surface area contributed by atoms with Gasteiger partial charge in [-0.1, -0.05) is 66.2 Å². The van der Waals surface area contributed by atoms with Crippen molar-refractivity contribution in [2.75, 3.05) is 5.32 Å². The van der Waals surface area contributed by atoms with Gasteiger partial charge in [0.2, 0.25) is 5.95 Å². The van der Waals surface area contributed by atoms with E-state index in [0.717, 1.165) is 16.7 Å². The summed E-state index contributed by atoms with van der Waals surface area (Å²) in [5.74, 6) is 0.813. The molecule has 3 N–H and O–H groups in total. The minimum Gasteiger partial charge on any atom is -0.350 e. The highest BCUT2D eigenvalue weighted by atomic mass is 35.5. The first kappa shape index (κ1) is 22.0. The topological polar surface area (TPSA) is 81.7 Å². The van der Waals surface area contributed by atoms with Gasteiger partial charge in [-0.05, 0) is 29.3 Å². The van der Waals surface area contributed by atoms with Gasteiger partial charge in [0.1, 0.15) is 17.2 Å². The van der Waals surface area contributed by atoms with Gasteiger partial charge in [0.15, 0.2) is 5.65 Å². The van der Waals surface area contributed by atoms with E-state index in [2.05, 4.69) is 10.3 Å². The molecule has 0 saturated heterocycles. The Hall–Kier alpha value is -3.81. The van der Waals surface area contributed by atoms with Gasteiger partial charge < -0.3 is 15.6 Å². The smallest absolute Gasteiger partial charge is 0.225 e. The fourth-order valence-corrected chi connectivity index (χ4v) is 4.00. The van der Waals surface area contributed by atoms with Crippen molar-refractivity contribution in [2.45, 2.75) is 19.6 Å². The number of nitrogens with zero attached hydrogens (tertiary/aromatic N) is 4. The van der Waals surface area contributed by atoms with Gasteiger partial charge in [0.25, 0.3) is 0 Å². The zero-order valence-electron chi connectivity index (χ0n) is 18.2. The Balaban J connectivity index is 1.56. The Bertz CT molecular complexity index is 1450. The summed E-state index contributed by atoms with van der Waals surface area (Å²) in [4.78, 5) is 13.9. The summed E-state index contributed by atoms with van der Waals surface area (Å²) in [6.07, 6.45) is 1.67. The Morgan fingerprint density at radius 1 is 0.912 bits per heavy atom. The molecule has 8 heteroatoms. The van der Waals surface area contributed by atoms with E-state index in [4.69, 9.17) is 27.3 Å². The van der Waals surface area contributed by atoms with Crippen molar-refractivity contribution in [1.29, 1.82) is 0 Å². The zero-order chi connectivity index (χ0) is 23.5. The number of nitrogens with two attached hydrogens (primary N) is 1. The van der Waals surface area contributed by atoms with Gasteiger partial charge in [0.05, 0.1) is 17.8 Å². The highest BCUT2D eigenvalue weighted by molar-refractivity contribution is 6.33. The third-order valence-electron chi connectivity index (χ3n) is 5.60. The second kappa shape index (κ2) is 9.59. The molecule has 5 rings (SSSR count). The summed E-state index contributed by atoms with van der Waals surface area (Å²) in [6, 6.07) is 22.3. The Morgan fingerprint density at radius 2 is 1.65 bits per heavy atom. The predicted molar refractivity (Wildman–Crippen MR) is 133 cm³/mol. The maximum Gasteiger partial charge on any atom is 0.225 e. The third-order valence-corrected chi connectivity index (χ3v) is 5.93. The number of aromatic nitrogens is 4. The van der Waals surface area contributed by atoms with Crippen molar-refractivity contribution in [3.05, 3.63) is 107 Å². The third kappa shape index (κ3) is 4.48. The van der Waals surface area contributed by atoms with E-state index in [1.165, 1.54) is 6.07 Å². The van der Waals surface area contributed by atoms with Crippen molar-refractivity contribution < 1.29 is 4.39 Å². The number of nitrogens with one attached hydrogen (secondary N) is 1. The molecule has 0 aliphatic carbocycles. The van der Waals surface area contributed by atoms with Crippen LogP contribution in [0.25, 0.3) is 22.6 Å². The maximum absolute atomic E-state index is 14.0. The molecule has 0 saturated carbocycles. The average molecular weight is 473 g/mol. The van der Waals surface area contributed by atoms with E-state index >= 15 is 0 Å². The standard InChI is InChI=1S/C26H22ClFN6/c27-21-7-3-2-6-20(21)24-32-23-15-31-26(30-14-19-5-1-4-8-22(19)28)33-25(23)34(24)16-18-11-9-17(13-29)10-12-18/h1-12,15H,13-14,16,29H2,(H,30,31,33). The van der Waals surface area contributed by atoms with Crippen LogP contribution < -0.4 is 11.1 Å². The lowest BCUT2D eigenvalue weighted by Gasteiger charge is -2.11. The van der Waals surface area contributed by atoms with Crippen LogP contribution in [0, 0.1) is 5.82 Å².